The number of nitrogens with one attached hydrogen (secondary N) is 3. The lowest BCUT2D eigenvalue weighted by Crippen LogP contribution is -2.44. The molecule has 2 aromatic carbocycles. The van der Waals surface area contributed by atoms with Gasteiger partial charge in [0, 0.05) is 24.5 Å². The van der Waals surface area contributed by atoms with E-state index < -0.39 is 29.4 Å². The van der Waals surface area contributed by atoms with Crippen LogP contribution in [0.1, 0.15) is 30.9 Å². The van der Waals surface area contributed by atoms with Crippen molar-refractivity contribution in [3.8, 4) is 0 Å². The van der Waals surface area contributed by atoms with E-state index in [1.165, 1.54) is 0 Å². The van der Waals surface area contributed by atoms with Gasteiger partial charge in [-0.2, -0.15) is 0 Å². The minimum atomic E-state index is -1.20. The third-order valence-corrected chi connectivity index (χ3v) is 5.41. The van der Waals surface area contributed by atoms with E-state index in [2.05, 4.69) is 16.0 Å². The van der Waals surface area contributed by atoms with E-state index >= 15 is 0 Å². The molecule has 9 heteroatoms. The summed E-state index contributed by atoms with van der Waals surface area (Å²) in [6.45, 7) is 1.92. The molecule has 1 heterocycles. The predicted octanol–water partition coefficient (Wildman–Crippen LogP) is 2.91. The maximum atomic E-state index is 13.0. The molecule has 6 amide bonds. The first kappa shape index (κ1) is 22.3. The highest BCUT2D eigenvalue weighted by molar-refractivity contribution is 6.30. The summed E-state index contributed by atoms with van der Waals surface area (Å²) < 4.78 is 0. The summed E-state index contributed by atoms with van der Waals surface area (Å²) in [6.07, 6.45) is 0.141. The molecule has 8 nitrogen and oxygen atoms in total. The Balaban J connectivity index is 1.55. The fourth-order valence-electron chi connectivity index (χ4n) is 3.43. The van der Waals surface area contributed by atoms with Crippen LogP contribution in [0.3, 0.4) is 0 Å². The molecule has 162 valence electrons. The topological polar surface area (TPSA) is 108 Å². The van der Waals surface area contributed by atoms with Gasteiger partial charge >= 0.3 is 12.1 Å². The molecule has 0 radical (unpaired) electrons. The van der Waals surface area contributed by atoms with Gasteiger partial charge < -0.3 is 10.6 Å². The van der Waals surface area contributed by atoms with Gasteiger partial charge in [0.2, 0.25) is 5.91 Å². The molecule has 0 aliphatic carbocycles. The third kappa shape index (κ3) is 5.03. The lowest BCUT2D eigenvalue weighted by atomic mass is 9.87. The van der Waals surface area contributed by atoms with Crippen LogP contribution in [0.2, 0.25) is 5.02 Å². The predicted molar refractivity (Wildman–Crippen MR) is 115 cm³/mol. The highest BCUT2D eigenvalue weighted by atomic mass is 35.5. The number of imide groups is 2. The monoisotopic (exact) mass is 442 g/mol. The van der Waals surface area contributed by atoms with E-state index in [-0.39, 0.29) is 19.5 Å². The second-order valence-electron chi connectivity index (χ2n) is 7.12. The van der Waals surface area contributed by atoms with E-state index in [9.17, 15) is 19.2 Å². The minimum Gasteiger partial charge on any atom is -0.334 e. The zero-order valence-electron chi connectivity index (χ0n) is 17.0. The van der Waals surface area contributed by atoms with E-state index in [0.717, 1.165) is 10.5 Å². The summed E-state index contributed by atoms with van der Waals surface area (Å²) in [5, 5.41) is 8.04. The maximum absolute atomic E-state index is 13.0. The number of carbonyl (C=O) groups excluding carboxylic acids is 4. The molecule has 0 saturated carbocycles. The van der Waals surface area contributed by atoms with Gasteiger partial charge in [-0.25, -0.2) is 9.59 Å². The van der Waals surface area contributed by atoms with Gasteiger partial charge in [-0.1, -0.05) is 61.0 Å². The number of benzene rings is 2. The summed E-state index contributed by atoms with van der Waals surface area (Å²) in [5.74, 6) is -1.03. The Hall–Kier alpha value is -3.39. The van der Waals surface area contributed by atoms with Crippen molar-refractivity contribution >= 4 is 35.5 Å². The van der Waals surface area contributed by atoms with Crippen LogP contribution >= 0.6 is 11.6 Å². The minimum absolute atomic E-state index is 0.141. The highest BCUT2D eigenvalue weighted by Gasteiger charge is 2.51. The summed E-state index contributed by atoms with van der Waals surface area (Å²) in [7, 11) is 0. The largest absolute Gasteiger partial charge is 0.334 e. The zero-order valence-corrected chi connectivity index (χ0v) is 17.7. The second kappa shape index (κ2) is 9.61. The number of hydrogen-bond donors (Lipinski definition) is 3. The van der Waals surface area contributed by atoms with E-state index in [0.29, 0.717) is 17.0 Å². The summed E-state index contributed by atoms with van der Waals surface area (Å²) >= 11 is 5.92. The Kier molecular flexibility index (Phi) is 6.91. The van der Waals surface area contributed by atoms with Gasteiger partial charge in [-0.05, 0) is 29.7 Å². The number of urea groups is 2. The van der Waals surface area contributed by atoms with Crippen molar-refractivity contribution in [3.63, 3.8) is 0 Å². The van der Waals surface area contributed by atoms with Crippen molar-refractivity contribution in [1.82, 2.24) is 20.9 Å². The van der Waals surface area contributed by atoms with Gasteiger partial charge in [0.15, 0.2) is 0 Å². The number of carbonyl (C=O) groups is 4. The summed E-state index contributed by atoms with van der Waals surface area (Å²) in [6, 6.07) is 14.7. The molecule has 1 atom stereocenters. The smallest absolute Gasteiger partial charge is 0.325 e. The van der Waals surface area contributed by atoms with Gasteiger partial charge in [-0.3, -0.25) is 19.8 Å². The molecule has 0 bridgehead atoms. The van der Waals surface area contributed by atoms with Gasteiger partial charge in [-0.15, -0.1) is 0 Å². The molecular weight excluding hydrogens is 420 g/mol. The number of nitrogens with zero attached hydrogens (tertiary/aromatic N) is 1. The number of amides is 6. The molecule has 0 spiro atoms. The number of halogens is 1. The van der Waals surface area contributed by atoms with Gasteiger partial charge in [0.1, 0.15) is 5.54 Å². The van der Waals surface area contributed by atoms with Crippen molar-refractivity contribution in [2.75, 3.05) is 6.54 Å². The molecule has 2 aromatic rings. The number of rotatable bonds is 7. The van der Waals surface area contributed by atoms with Crippen molar-refractivity contribution in [2.45, 2.75) is 31.8 Å². The molecular formula is C22H23ClN4O4. The molecule has 1 aliphatic heterocycles. The number of hydrogen-bond acceptors (Lipinski definition) is 4. The van der Waals surface area contributed by atoms with Crippen molar-refractivity contribution in [2.24, 2.45) is 0 Å². The normalized spacial score (nSPS) is 17.9. The average Bonchev–Trinajstić information content (AvgIpc) is 3.02. The van der Waals surface area contributed by atoms with Crippen LogP contribution in [0.15, 0.2) is 54.6 Å². The first-order chi connectivity index (χ1) is 14.9. The highest BCUT2D eigenvalue weighted by Crippen LogP contribution is 2.33. The zero-order chi connectivity index (χ0) is 22.4. The summed E-state index contributed by atoms with van der Waals surface area (Å²) in [4.78, 5) is 50.5. The van der Waals surface area contributed by atoms with Crippen LogP contribution in [0.4, 0.5) is 9.59 Å². The Bertz CT molecular complexity index is 981. The van der Waals surface area contributed by atoms with Gasteiger partial charge in [0.25, 0.3) is 5.91 Å². The Labute approximate surface area is 184 Å². The quantitative estimate of drug-likeness (QED) is 0.573. The molecule has 0 aromatic heterocycles. The second-order valence-corrected chi connectivity index (χ2v) is 7.56. The van der Waals surface area contributed by atoms with E-state index in [4.69, 9.17) is 11.6 Å². The van der Waals surface area contributed by atoms with Crippen molar-refractivity contribution in [1.29, 1.82) is 0 Å². The molecule has 3 N–H and O–H groups in total. The first-order valence-electron chi connectivity index (χ1n) is 9.87. The summed E-state index contributed by atoms with van der Waals surface area (Å²) in [5.41, 5.74) is 0.304. The lowest BCUT2D eigenvalue weighted by Gasteiger charge is -2.25. The van der Waals surface area contributed by atoms with Crippen molar-refractivity contribution < 1.29 is 19.2 Å². The standard InChI is InChI=1S/C22H23ClN4O4/c1-2-22(16-8-10-17(23)11-9-16)19(29)27(21(31)26-22)13-12-18(28)25-20(30)24-14-15-6-4-3-5-7-15/h3-11H,2,12-14H2,1H3,(H,26,31)(H2,24,25,28,30). The molecule has 1 fully saturated rings. The fraction of sp³-hybridized carbons (Fsp3) is 0.273. The van der Waals surface area contributed by atoms with Crippen LogP contribution in [-0.4, -0.2) is 35.3 Å². The fourth-order valence-corrected chi connectivity index (χ4v) is 3.55. The van der Waals surface area contributed by atoms with Crippen LogP contribution in [0, 0.1) is 0 Å². The van der Waals surface area contributed by atoms with Crippen molar-refractivity contribution in [3.05, 3.63) is 70.7 Å². The van der Waals surface area contributed by atoms with Gasteiger partial charge in [0.05, 0.1) is 0 Å². The van der Waals surface area contributed by atoms with Crippen LogP contribution in [0.5, 0.6) is 0 Å². The molecule has 1 saturated heterocycles. The first-order valence-corrected chi connectivity index (χ1v) is 10.3. The Morgan fingerprint density at radius 1 is 1.06 bits per heavy atom. The molecule has 3 rings (SSSR count). The third-order valence-electron chi connectivity index (χ3n) is 5.15. The molecule has 31 heavy (non-hydrogen) atoms. The Morgan fingerprint density at radius 2 is 1.74 bits per heavy atom. The average molecular weight is 443 g/mol. The van der Waals surface area contributed by atoms with Crippen LogP contribution in [-0.2, 0) is 21.7 Å². The van der Waals surface area contributed by atoms with E-state index in [1.807, 2.05) is 30.3 Å². The maximum Gasteiger partial charge on any atom is 0.325 e. The van der Waals surface area contributed by atoms with Crippen LogP contribution < -0.4 is 16.0 Å². The van der Waals surface area contributed by atoms with E-state index in [1.54, 1.807) is 31.2 Å². The SMILES string of the molecule is CCC1(c2ccc(Cl)cc2)NC(=O)N(CCC(=O)NC(=O)NCc2ccccc2)C1=O. The Morgan fingerprint density at radius 3 is 2.39 bits per heavy atom. The lowest BCUT2D eigenvalue weighted by molar-refractivity contribution is -0.132. The van der Waals surface area contributed by atoms with Crippen LogP contribution in [0.25, 0.3) is 0 Å². The molecule has 1 aliphatic rings. The molecule has 1 unspecified atom stereocenters.